The predicted octanol–water partition coefficient (Wildman–Crippen LogP) is -0.917. The Hall–Kier alpha value is -0.530. The maximum atomic E-state index is 3.41. The molecule has 2 aromatic rings. The maximum Gasteiger partial charge on any atom is 4.00 e. The number of rotatable bonds is 1. The van der Waals surface area contributed by atoms with Crippen molar-refractivity contribution in [3.63, 3.8) is 0 Å². The minimum atomic E-state index is 0. The average Bonchev–Trinajstić information content (AvgIpc) is 2.98. The summed E-state index contributed by atoms with van der Waals surface area (Å²) in [6, 6.07) is 14.7. The quantitative estimate of drug-likeness (QED) is 0.289. The van der Waals surface area contributed by atoms with Crippen LogP contribution in [0, 0.1) is 6.08 Å². The first-order valence-corrected chi connectivity index (χ1v) is 8.25. The van der Waals surface area contributed by atoms with Crippen LogP contribution in [0.15, 0.2) is 59.4 Å². The van der Waals surface area contributed by atoms with Gasteiger partial charge < -0.3 is 9.41 Å². The molecule has 0 radical (unpaired) electrons. The molecule has 2 aliphatic rings. The van der Waals surface area contributed by atoms with E-state index in [4.69, 9.17) is 0 Å². The molecule has 0 bridgehead atoms. The molecule has 1 aliphatic heterocycles. The van der Waals surface area contributed by atoms with Crippen molar-refractivity contribution in [2.75, 3.05) is 12.3 Å². The summed E-state index contributed by atoms with van der Waals surface area (Å²) in [7, 11) is 0.301. The van der Waals surface area contributed by atoms with Crippen LogP contribution in [0.4, 0.5) is 0 Å². The van der Waals surface area contributed by atoms with Crippen LogP contribution in [0.3, 0.4) is 0 Å². The number of hydrogen-bond donors (Lipinski definition) is 0. The van der Waals surface area contributed by atoms with Crippen LogP contribution in [0.25, 0.3) is 10.8 Å². The third-order valence-electron chi connectivity index (χ3n) is 3.53. The van der Waals surface area contributed by atoms with Crippen LogP contribution >= 0.6 is 7.92 Å². The molecule has 0 saturated carbocycles. The molecule has 4 rings (SSSR count). The minimum Gasteiger partial charge on any atom is -1.00 e. The first-order chi connectivity index (χ1) is 8.88. The first-order valence-electron chi connectivity index (χ1n) is 6.54. The molecule has 1 fully saturated rings. The van der Waals surface area contributed by atoms with E-state index >= 15 is 0 Å². The van der Waals surface area contributed by atoms with E-state index in [-0.39, 0.29) is 35.3 Å². The largest absolute Gasteiger partial charge is 4.00 e. The van der Waals surface area contributed by atoms with E-state index in [1.54, 1.807) is 10.9 Å². The molecule has 0 spiro atoms. The van der Waals surface area contributed by atoms with Gasteiger partial charge in [0.1, 0.15) is 0 Å². The molecule has 1 saturated heterocycles. The van der Waals surface area contributed by atoms with E-state index in [9.17, 15) is 0 Å². The zero-order valence-electron chi connectivity index (χ0n) is 11.9. The van der Waals surface area contributed by atoms with Gasteiger partial charge in [0.2, 0.25) is 0 Å². The zero-order valence-corrected chi connectivity index (χ0v) is 16.4. The number of allylic oxidation sites excluding steroid dienone is 4. The Balaban J connectivity index is 0.000000333. The summed E-state index contributed by atoms with van der Waals surface area (Å²) < 4.78 is 0. The maximum absolute atomic E-state index is 3.41. The fourth-order valence-corrected chi connectivity index (χ4v) is 4.49. The molecule has 21 heavy (non-hydrogen) atoms. The Morgan fingerprint density at radius 1 is 1.19 bits per heavy atom. The molecule has 0 N–H and O–H groups in total. The second-order valence-corrected chi connectivity index (χ2v) is 7.10. The Labute approximate surface area is 145 Å². The van der Waals surface area contributed by atoms with Crippen molar-refractivity contribution in [3.05, 3.63) is 65.5 Å². The monoisotopic (exact) mass is 470 g/mol. The van der Waals surface area contributed by atoms with Crippen LogP contribution in [-0.2, 0) is 25.8 Å². The van der Waals surface area contributed by atoms with E-state index in [2.05, 4.69) is 61.5 Å². The standard InChI is InChI=1S/C9H7.C8H10P.2FH.Hf/c1-2-5-9-7-3-6-8(9)4-1;1-2-9-6-7-4-3-5-8(7)9;;;/h1-7H;4H,2-3,6H2,1H3;2*1H;/q2*-1;;;+4/p-2. The van der Waals surface area contributed by atoms with Gasteiger partial charge in [0.15, 0.2) is 0 Å². The fourth-order valence-electron chi connectivity index (χ4n) is 2.47. The second kappa shape index (κ2) is 9.48. The van der Waals surface area contributed by atoms with Crippen LogP contribution in [0.1, 0.15) is 13.3 Å². The Kier molecular flexibility index (Phi) is 9.24. The van der Waals surface area contributed by atoms with Gasteiger partial charge in [-0.25, -0.2) is 0 Å². The van der Waals surface area contributed by atoms with Gasteiger partial charge >= 0.3 is 25.8 Å². The molecule has 4 heteroatoms. The molecule has 1 heterocycles. The first kappa shape index (κ1) is 20.5. The molecule has 0 nitrogen and oxygen atoms in total. The summed E-state index contributed by atoms with van der Waals surface area (Å²) in [6.45, 7) is 2.29. The zero-order chi connectivity index (χ0) is 12.4. The summed E-state index contributed by atoms with van der Waals surface area (Å²) in [4.78, 5) is 0. The molecule has 0 aromatic heterocycles. The van der Waals surface area contributed by atoms with Gasteiger partial charge in [-0.3, -0.25) is 6.08 Å². The fraction of sp³-hybridized carbons (Fsp3) is 0.235. The molecule has 1 aliphatic carbocycles. The Morgan fingerprint density at radius 2 is 1.95 bits per heavy atom. The van der Waals surface area contributed by atoms with Crippen molar-refractivity contribution in [2.24, 2.45) is 0 Å². The van der Waals surface area contributed by atoms with Crippen molar-refractivity contribution < 1.29 is 35.3 Å². The number of halogens is 2. The molecular weight excluding hydrogens is 452 g/mol. The molecule has 1 unspecified atom stereocenters. The summed E-state index contributed by atoms with van der Waals surface area (Å²) in [6.07, 6.45) is 9.60. The van der Waals surface area contributed by atoms with Crippen molar-refractivity contribution in [3.8, 4) is 0 Å². The van der Waals surface area contributed by atoms with E-state index < -0.39 is 0 Å². The van der Waals surface area contributed by atoms with Crippen LogP contribution in [0.2, 0.25) is 0 Å². The second-order valence-electron chi connectivity index (χ2n) is 4.63. The van der Waals surface area contributed by atoms with Gasteiger partial charge in [-0.1, -0.05) is 19.2 Å². The van der Waals surface area contributed by atoms with E-state index in [0.29, 0.717) is 7.92 Å². The third-order valence-corrected chi connectivity index (χ3v) is 6.09. The molecule has 1 atom stereocenters. The SMILES string of the molecule is CCP1CC2=CC[C-]=C21.[F-].[F-].[Hf+4].c1ccc2[cH-]ccc2c1. The predicted molar refractivity (Wildman–Crippen MR) is 81.3 cm³/mol. The molecule has 2 aromatic carbocycles. The van der Waals surface area contributed by atoms with E-state index in [1.807, 2.05) is 0 Å². The van der Waals surface area contributed by atoms with Gasteiger partial charge in [0.25, 0.3) is 0 Å². The van der Waals surface area contributed by atoms with Crippen molar-refractivity contribution in [1.82, 2.24) is 0 Å². The Morgan fingerprint density at radius 3 is 2.62 bits per heavy atom. The van der Waals surface area contributed by atoms with E-state index in [0.717, 1.165) is 6.42 Å². The van der Waals surface area contributed by atoms with Crippen molar-refractivity contribution in [1.29, 1.82) is 0 Å². The van der Waals surface area contributed by atoms with Gasteiger partial charge in [0.05, 0.1) is 0 Å². The smallest absolute Gasteiger partial charge is 1.00 e. The van der Waals surface area contributed by atoms with Gasteiger partial charge in [-0.05, 0) is 6.16 Å². The van der Waals surface area contributed by atoms with Gasteiger partial charge in [-0.2, -0.15) is 34.5 Å². The van der Waals surface area contributed by atoms with Crippen LogP contribution in [0.5, 0.6) is 0 Å². The number of benzene rings is 1. The molecule has 108 valence electrons. The van der Waals surface area contributed by atoms with Crippen molar-refractivity contribution >= 4 is 18.7 Å². The van der Waals surface area contributed by atoms with Crippen LogP contribution in [-0.4, -0.2) is 12.3 Å². The van der Waals surface area contributed by atoms with Gasteiger partial charge in [0, 0.05) is 0 Å². The number of hydrogen-bond acceptors (Lipinski definition) is 0. The van der Waals surface area contributed by atoms with Crippen LogP contribution < -0.4 is 9.41 Å². The minimum absolute atomic E-state index is 0. The summed E-state index contributed by atoms with van der Waals surface area (Å²) in [5, 5.41) is 4.27. The normalized spacial score (nSPS) is 17.5. The molecular formula is C17H17F2HfP. The number of fused-ring (bicyclic) bond motifs is 2. The van der Waals surface area contributed by atoms with E-state index in [1.165, 1.54) is 23.1 Å². The topological polar surface area (TPSA) is 0 Å². The average molecular weight is 469 g/mol. The summed E-state index contributed by atoms with van der Waals surface area (Å²) in [5.74, 6) is 0. The summed E-state index contributed by atoms with van der Waals surface area (Å²) >= 11 is 0. The Bertz CT molecular complexity index is 586. The van der Waals surface area contributed by atoms with Crippen molar-refractivity contribution in [2.45, 2.75) is 13.3 Å². The summed E-state index contributed by atoms with van der Waals surface area (Å²) in [5.41, 5.74) is 1.61. The molecule has 0 amide bonds. The third kappa shape index (κ3) is 4.47. The van der Waals surface area contributed by atoms with Gasteiger partial charge in [-0.15, -0.1) is 44.0 Å².